The van der Waals surface area contributed by atoms with Gasteiger partial charge in [-0.25, -0.2) is 0 Å². The Morgan fingerprint density at radius 3 is 2.60 bits per heavy atom. The Morgan fingerprint density at radius 2 is 1.90 bits per heavy atom. The smallest absolute Gasteiger partial charge is 0.168 e. The summed E-state index contributed by atoms with van der Waals surface area (Å²) in [4.78, 5) is 12.7. The highest BCUT2D eigenvalue weighted by atomic mass is 35.5. The van der Waals surface area contributed by atoms with E-state index in [1.54, 1.807) is 0 Å². The lowest BCUT2D eigenvalue weighted by atomic mass is 9.83. The van der Waals surface area contributed by atoms with Crippen LogP contribution < -0.4 is 5.32 Å². The molecular weight excluding hydrogens is 270 g/mol. The molecule has 1 aromatic rings. The zero-order chi connectivity index (χ0) is 13.9. The Hall–Kier alpha value is -1.02. The molecule has 0 amide bonds. The van der Waals surface area contributed by atoms with Crippen LogP contribution in [0.2, 0.25) is 5.02 Å². The highest BCUT2D eigenvalue weighted by Crippen LogP contribution is 2.33. The second-order valence-electron chi connectivity index (χ2n) is 6.21. The van der Waals surface area contributed by atoms with E-state index in [4.69, 9.17) is 11.6 Å². The Morgan fingerprint density at radius 1 is 1.15 bits per heavy atom. The molecule has 0 aliphatic heterocycles. The fourth-order valence-corrected chi connectivity index (χ4v) is 3.21. The summed E-state index contributed by atoms with van der Waals surface area (Å²) in [5.74, 6) is 1.28. The molecule has 20 heavy (non-hydrogen) atoms. The Balaban J connectivity index is 1.77. The van der Waals surface area contributed by atoms with E-state index in [1.165, 1.54) is 32.1 Å². The Bertz CT molecular complexity index is 490. The zero-order valence-electron chi connectivity index (χ0n) is 11.8. The first-order chi connectivity index (χ1) is 9.74. The van der Waals surface area contributed by atoms with E-state index in [1.807, 2.05) is 18.2 Å². The van der Waals surface area contributed by atoms with Gasteiger partial charge in [0, 0.05) is 28.7 Å². The lowest BCUT2D eigenvalue weighted by Crippen LogP contribution is -2.19. The normalized spacial score (nSPS) is 19.9. The molecule has 0 radical (unpaired) electrons. The minimum Gasteiger partial charge on any atom is -0.384 e. The maximum Gasteiger partial charge on any atom is 0.168 e. The zero-order valence-corrected chi connectivity index (χ0v) is 12.6. The second kappa shape index (κ2) is 6.17. The van der Waals surface area contributed by atoms with Crippen molar-refractivity contribution in [1.82, 2.24) is 0 Å². The van der Waals surface area contributed by atoms with Crippen molar-refractivity contribution < 1.29 is 4.79 Å². The molecule has 1 N–H and O–H groups in total. The molecule has 2 nitrogen and oxygen atoms in total. The van der Waals surface area contributed by atoms with Crippen molar-refractivity contribution in [2.45, 2.75) is 44.9 Å². The van der Waals surface area contributed by atoms with Crippen LogP contribution in [0.3, 0.4) is 0 Å². The van der Waals surface area contributed by atoms with Gasteiger partial charge in [0.2, 0.25) is 0 Å². The summed E-state index contributed by atoms with van der Waals surface area (Å²) >= 11 is 6.09. The van der Waals surface area contributed by atoms with Gasteiger partial charge in [0.1, 0.15) is 0 Å². The first-order valence-corrected chi connectivity index (χ1v) is 8.19. The van der Waals surface area contributed by atoms with E-state index in [2.05, 4.69) is 5.32 Å². The number of benzene rings is 1. The van der Waals surface area contributed by atoms with Gasteiger partial charge in [-0.3, -0.25) is 4.79 Å². The van der Waals surface area contributed by atoms with Gasteiger partial charge in [-0.2, -0.15) is 0 Å². The van der Waals surface area contributed by atoms with Gasteiger partial charge in [0.25, 0.3) is 0 Å². The van der Waals surface area contributed by atoms with Crippen LogP contribution in [-0.4, -0.2) is 12.3 Å². The van der Waals surface area contributed by atoms with Crippen LogP contribution in [0.5, 0.6) is 0 Å². The third-order valence-corrected chi connectivity index (χ3v) is 4.74. The van der Waals surface area contributed by atoms with E-state index < -0.39 is 0 Å². The van der Waals surface area contributed by atoms with Crippen LogP contribution in [0.4, 0.5) is 5.69 Å². The molecule has 0 atom stereocenters. The summed E-state index contributed by atoms with van der Waals surface area (Å²) in [7, 11) is 0. The van der Waals surface area contributed by atoms with Gasteiger partial charge in [-0.1, -0.05) is 30.9 Å². The molecule has 0 spiro atoms. The molecule has 2 aliphatic rings. The summed E-state index contributed by atoms with van der Waals surface area (Å²) in [6.45, 7) is 0.979. The van der Waals surface area contributed by atoms with Crippen molar-refractivity contribution in [1.29, 1.82) is 0 Å². The average Bonchev–Trinajstić information content (AvgIpc) is 3.30. The highest BCUT2D eigenvalue weighted by molar-refractivity contribution is 6.31. The van der Waals surface area contributed by atoms with Crippen molar-refractivity contribution in [3.63, 3.8) is 0 Å². The molecule has 0 unspecified atom stereocenters. The summed E-state index contributed by atoms with van der Waals surface area (Å²) in [5, 5.41) is 4.10. The molecule has 0 bridgehead atoms. The molecule has 108 valence electrons. The monoisotopic (exact) mass is 291 g/mol. The summed E-state index contributed by atoms with van der Waals surface area (Å²) in [5.41, 5.74) is 1.77. The third-order valence-electron chi connectivity index (χ3n) is 4.50. The molecule has 2 saturated carbocycles. The largest absolute Gasteiger partial charge is 0.384 e. The van der Waals surface area contributed by atoms with Crippen LogP contribution in [0.1, 0.15) is 55.3 Å². The van der Waals surface area contributed by atoms with Crippen LogP contribution in [0, 0.1) is 11.8 Å². The van der Waals surface area contributed by atoms with Gasteiger partial charge in [0.15, 0.2) is 5.78 Å². The van der Waals surface area contributed by atoms with Crippen molar-refractivity contribution in [2.24, 2.45) is 11.8 Å². The van der Waals surface area contributed by atoms with Crippen molar-refractivity contribution in [3.8, 4) is 0 Å². The summed E-state index contributed by atoms with van der Waals surface area (Å²) in [6, 6.07) is 5.67. The predicted molar refractivity (Wildman–Crippen MR) is 83.6 cm³/mol. The number of nitrogens with one attached hydrogen (secondary N) is 1. The van der Waals surface area contributed by atoms with Crippen LogP contribution >= 0.6 is 11.6 Å². The van der Waals surface area contributed by atoms with Gasteiger partial charge in [-0.15, -0.1) is 0 Å². The molecule has 3 heteroatoms. The van der Waals surface area contributed by atoms with Crippen molar-refractivity contribution in [2.75, 3.05) is 11.9 Å². The standard InChI is InChI=1S/C17H22ClNO/c18-14-8-9-16(19-11-12-6-7-12)15(10-14)17(20)13-4-2-1-3-5-13/h8-10,12-13,19H,1-7,11H2. The minimum atomic E-state index is 0.198. The molecule has 0 aromatic heterocycles. The Kier molecular flexibility index (Phi) is 4.30. The lowest BCUT2D eigenvalue weighted by molar-refractivity contribution is 0.0890. The van der Waals surface area contributed by atoms with Gasteiger partial charge >= 0.3 is 0 Å². The van der Waals surface area contributed by atoms with Gasteiger partial charge in [0.05, 0.1) is 0 Å². The van der Waals surface area contributed by atoms with E-state index in [9.17, 15) is 4.79 Å². The number of hydrogen-bond acceptors (Lipinski definition) is 2. The number of halogens is 1. The third kappa shape index (κ3) is 3.35. The number of carbonyl (C=O) groups excluding carboxylic acids is 1. The first-order valence-electron chi connectivity index (χ1n) is 7.81. The van der Waals surface area contributed by atoms with E-state index in [0.29, 0.717) is 5.02 Å². The fourth-order valence-electron chi connectivity index (χ4n) is 3.04. The molecule has 0 saturated heterocycles. The van der Waals surface area contributed by atoms with Crippen LogP contribution in [0.25, 0.3) is 0 Å². The molecular formula is C17H22ClNO. The molecule has 2 fully saturated rings. The number of rotatable bonds is 5. The molecule has 0 heterocycles. The number of carbonyl (C=O) groups is 1. The number of ketones is 1. The first kappa shape index (κ1) is 13.9. The number of Topliss-reactive ketones (excluding diaryl/α,β-unsaturated/α-hetero) is 1. The Labute approximate surface area is 125 Å². The maximum atomic E-state index is 12.7. The number of anilines is 1. The van der Waals surface area contributed by atoms with Crippen LogP contribution in [0.15, 0.2) is 18.2 Å². The molecule has 2 aliphatic carbocycles. The van der Waals surface area contributed by atoms with Gasteiger partial charge < -0.3 is 5.32 Å². The highest BCUT2D eigenvalue weighted by Gasteiger charge is 2.26. The van der Waals surface area contributed by atoms with E-state index in [-0.39, 0.29) is 11.7 Å². The minimum absolute atomic E-state index is 0.198. The van der Waals surface area contributed by atoms with Crippen LogP contribution in [-0.2, 0) is 0 Å². The average molecular weight is 292 g/mol. The van der Waals surface area contributed by atoms with Crippen molar-refractivity contribution >= 4 is 23.1 Å². The van der Waals surface area contributed by atoms with E-state index >= 15 is 0 Å². The SMILES string of the molecule is O=C(c1cc(Cl)ccc1NCC1CC1)C1CCCCC1. The van der Waals surface area contributed by atoms with Gasteiger partial charge in [-0.05, 0) is 49.8 Å². The molecule has 1 aromatic carbocycles. The fraction of sp³-hybridized carbons (Fsp3) is 0.588. The van der Waals surface area contributed by atoms with Crippen molar-refractivity contribution in [3.05, 3.63) is 28.8 Å². The number of hydrogen-bond donors (Lipinski definition) is 1. The quantitative estimate of drug-likeness (QED) is 0.780. The lowest BCUT2D eigenvalue weighted by Gasteiger charge is -2.22. The summed E-state index contributed by atoms with van der Waals surface area (Å²) in [6.07, 6.45) is 8.33. The summed E-state index contributed by atoms with van der Waals surface area (Å²) < 4.78 is 0. The van der Waals surface area contributed by atoms with E-state index in [0.717, 1.165) is 36.6 Å². The predicted octanol–water partition coefficient (Wildman–Crippen LogP) is 4.92. The molecule has 3 rings (SSSR count). The topological polar surface area (TPSA) is 29.1 Å². The maximum absolute atomic E-state index is 12.7. The second-order valence-corrected chi connectivity index (χ2v) is 6.65.